The van der Waals surface area contributed by atoms with E-state index in [1.54, 1.807) is 0 Å². The molecule has 1 unspecified atom stereocenters. The van der Waals surface area contributed by atoms with Crippen molar-refractivity contribution in [1.82, 2.24) is 10.6 Å². The summed E-state index contributed by atoms with van der Waals surface area (Å²) in [6.45, 7) is 3.78. The maximum Gasteiger partial charge on any atom is 0.407 e. The Labute approximate surface area is 205 Å². The summed E-state index contributed by atoms with van der Waals surface area (Å²) in [5.41, 5.74) is 3.32. The number of hydrogen-bond acceptors (Lipinski definition) is 4. The van der Waals surface area contributed by atoms with E-state index in [1.807, 2.05) is 50.2 Å². The van der Waals surface area contributed by atoms with Gasteiger partial charge in [0.2, 0.25) is 5.91 Å². The molecule has 0 radical (unpaired) electrons. The van der Waals surface area contributed by atoms with Gasteiger partial charge in [0, 0.05) is 5.92 Å². The lowest BCUT2D eigenvalue weighted by Crippen LogP contribution is -2.70. The van der Waals surface area contributed by atoms with Crippen LogP contribution >= 0.6 is 0 Å². The molecule has 1 atom stereocenters. The minimum absolute atomic E-state index is 0.0687. The molecule has 3 aliphatic carbocycles. The zero-order valence-corrected chi connectivity index (χ0v) is 20.2. The minimum atomic E-state index is -1.24. The van der Waals surface area contributed by atoms with E-state index in [0.717, 1.165) is 41.5 Å². The van der Waals surface area contributed by atoms with Crippen molar-refractivity contribution in [3.05, 3.63) is 59.7 Å². The fraction of sp³-hybridized carbons (Fsp3) is 0.464. The van der Waals surface area contributed by atoms with Gasteiger partial charge >= 0.3 is 12.1 Å². The molecule has 0 saturated heterocycles. The summed E-state index contributed by atoms with van der Waals surface area (Å²) in [5, 5.41) is 15.3. The number of ether oxygens (including phenoxy) is 1. The molecule has 1 spiro atoms. The van der Waals surface area contributed by atoms with E-state index in [4.69, 9.17) is 4.74 Å². The van der Waals surface area contributed by atoms with Crippen LogP contribution < -0.4 is 10.6 Å². The van der Waals surface area contributed by atoms with E-state index < -0.39 is 29.6 Å². The van der Waals surface area contributed by atoms with Crippen LogP contribution in [0.4, 0.5) is 4.79 Å². The molecular weight excluding hydrogens is 444 g/mol. The lowest BCUT2D eigenvalue weighted by Gasteiger charge is -2.59. The molecule has 2 aromatic carbocycles. The Kier molecular flexibility index (Phi) is 5.82. The van der Waals surface area contributed by atoms with E-state index in [9.17, 15) is 19.5 Å². The summed E-state index contributed by atoms with van der Waals surface area (Å²) in [6.07, 6.45) is 3.37. The van der Waals surface area contributed by atoms with Gasteiger partial charge in [-0.05, 0) is 59.3 Å². The zero-order valence-electron chi connectivity index (χ0n) is 20.2. The third-order valence-electron chi connectivity index (χ3n) is 8.11. The molecule has 184 valence electrons. The first-order valence-corrected chi connectivity index (χ1v) is 12.4. The maximum absolute atomic E-state index is 13.1. The van der Waals surface area contributed by atoms with Crippen LogP contribution in [0.25, 0.3) is 11.1 Å². The highest BCUT2D eigenvalue weighted by atomic mass is 16.5. The molecule has 35 heavy (non-hydrogen) atoms. The zero-order chi connectivity index (χ0) is 24.8. The Morgan fingerprint density at radius 1 is 1.00 bits per heavy atom. The smallest absolute Gasteiger partial charge is 0.407 e. The summed E-state index contributed by atoms with van der Waals surface area (Å²) in [6, 6.07) is 15.3. The Balaban J connectivity index is 1.23. The Bertz CT molecular complexity index is 1120. The lowest BCUT2D eigenvalue weighted by atomic mass is 9.48. The number of alkyl carbamates (subject to hydrolysis) is 1. The van der Waals surface area contributed by atoms with Crippen molar-refractivity contribution in [2.45, 2.75) is 63.5 Å². The van der Waals surface area contributed by atoms with Gasteiger partial charge in [0.25, 0.3) is 0 Å². The summed E-state index contributed by atoms with van der Waals surface area (Å²) in [5.74, 6) is -1.81. The number of rotatable bonds is 7. The number of benzene rings is 2. The third-order valence-corrected chi connectivity index (χ3v) is 8.11. The van der Waals surface area contributed by atoms with Gasteiger partial charge in [0.15, 0.2) is 0 Å². The van der Waals surface area contributed by atoms with Gasteiger partial charge in [-0.3, -0.25) is 4.79 Å². The second-order valence-electron chi connectivity index (χ2n) is 10.8. The fourth-order valence-electron chi connectivity index (χ4n) is 6.17. The van der Waals surface area contributed by atoms with Crippen molar-refractivity contribution in [2.75, 3.05) is 6.61 Å². The highest BCUT2D eigenvalue weighted by Crippen LogP contribution is 2.60. The normalized spacial score (nSPS) is 19.6. The van der Waals surface area contributed by atoms with Crippen molar-refractivity contribution in [2.24, 2.45) is 11.3 Å². The molecule has 0 bridgehead atoms. The average molecular weight is 477 g/mol. The molecule has 2 aromatic rings. The molecule has 7 nitrogen and oxygen atoms in total. The largest absolute Gasteiger partial charge is 0.480 e. The minimum Gasteiger partial charge on any atom is -0.480 e. The molecule has 0 heterocycles. The van der Waals surface area contributed by atoms with E-state index >= 15 is 0 Å². The number of carbonyl (C=O) groups excluding carboxylic acids is 2. The predicted octanol–water partition coefficient (Wildman–Crippen LogP) is 4.45. The van der Waals surface area contributed by atoms with Crippen LogP contribution in [0, 0.1) is 11.3 Å². The number of amides is 2. The Morgan fingerprint density at radius 2 is 1.57 bits per heavy atom. The van der Waals surface area contributed by atoms with Crippen LogP contribution in [-0.2, 0) is 14.3 Å². The molecule has 2 saturated carbocycles. The monoisotopic (exact) mass is 476 g/mol. The van der Waals surface area contributed by atoms with Crippen molar-refractivity contribution in [3.63, 3.8) is 0 Å². The van der Waals surface area contributed by atoms with Gasteiger partial charge in [-0.1, -0.05) is 68.8 Å². The predicted molar refractivity (Wildman–Crippen MR) is 131 cm³/mol. The SMILES string of the molecule is CC(C)C(NC(=O)OCC1c2ccccc2-c2ccccc21)C(=O)NC1(C(=O)O)CC2(CCC2)C1. The first kappa shape index (κ1) is 23.4. The van der Waals surface area contributed by atoms with E-state index in [1.165, 1.54) is 0 Å². The highest BCUT2D eigenvalue weighted by molar-refractivity contribution is 5.92. The van der Waals surface area contributed by atoms with Crippen molar-refractivity contribution >= 4 is 18.0 Å². The van der Waals surface area contributed by atoms with E-state index in [-0.39, 0.29) is 23.9 Å². The van der Waals surface area contributed by atoms with Gasteiger partial charge in [-0.2, -0.15) is 0 Å². The van der Waals surface area contributed by atoms with E-state index in [0.29, 0.717) is 12.8 Å². The molecule has 3 N–H and O–H groups in total. The number of hydrogen-bond donors (Lipinski definition) is 3. The van der Waals surface area contributed by atoms with Crippen LogP contribution in [0.2, 0.25) is 0 Å². The molecule has 2 amide bonds. The number of carbonyl (C=O) groups is 3. The number of carboxylic acids is 1. The number of aliphatic carboxylic acids is 1. The maximum atomic E-state index is 13.1. The van der Waals surface area contributed by atoms with Gasteiger partial charge in [-0.15, -0.1) is 0 Å². The molecule has 0 aromatic heterocycles. The highest BCUT2D eigenvalue weighted by Gasteiger charge is 2.62. The van der Waals surface area contributed by atoms with Crippen LogP contribution in [0.1, 0.15) is 63.0 Å². The fourth-order valence-corrected chi connectivity index (χ4v) is 6.17. The average Bonchev–Trinajstić information content (AvgIpc) is 3.10. The van der Waals surface area contributed by atoms with Crippen LogP contribution in [0.3, 0.4) is 0 Å². The lowest BCUT2D eigenvalue weighted by molar-refractivity contribution is -0.166. The van der Waals surface area contributed by atoms with E-state index in [2.05, 4.69) is 22.8 Å². The molecule has 0 aliphatic heterocycles. The third kappa shape index (κ3) is 4.07. The first-order valence-electron chi connectivity index (χ1n) is 12.4. The van der Waals surface area contributed by atoms with Crippen molar-refractivity contribution in [3.8, 4) is 11.1 Å². The van der Waals surface area contributed by atoms with Crippen LogP contribution in [0.5, 0.6) is 0 Å². The Morgan fingerprint density at radius 3 is 2.06 bits per heavy atom. The first-order chi connectivity index (χ1) is 16.7. The second-order valence-corrected chi connectivity index (χ2v) is 10.8. The van der Waals surface area contributed by atoms with Gasteiger partial charge < -0.3 is 20.5 Å². The Hall–Kier alpha value is -3.35. The van der Waals surface area contributed by atoms with Gasteiger partial charge in [-0.25, -0.2) is 9.59 Å². The quantitative estimate of drug-likeness (QED) is 0.548. The molecule has 7 heteroatoms. The molecule has 5 rings (SSSR count). The van der Waals surface area contributed by atoms with Crippen molar-refractivity contribution < 1.29 is 24.2 Å². The van der Waals surface area contributed by atoms with Gasteiger partial charge in [0.1, 0.15) is 18.2 Å². The standard InChI is InChI=1S/C28H32N2O5/c1-17(2)23(24(31)30-28(25(32)33)15-27(16-28)12-7-13-27)29-26(34)35-14-22-20-10-5-3-8-18(20)19-9-4-6-11-21(19)22/h3-6,8-11,17,22-23H,7,12-16H2,1-2H3,(H,29,34)(H,30,31)(H,32,33). The number of carboxylic acid groups (broad SMARTS) is 1. The van der Waals surface area contributed by atoms with Crippen LogP contribution in [0.15, 0.2) is 48.5 Å². The molecule has 3 aliphatic rings. The summed E-state index contributed by atoms with van der Waals surface area (Å²) < 4.78 is 5.60. The molecular formula is C28H32N2O5. The summed E-state index contributed by atoms with van der Waals surface area (Å²) >= 11 is 0. The van der Waals surface area contributed by atoms with Gasteiger partial charge in [0.05, 0.1) is 0 Å². The number of fused-ring (bicyclic) bond motifs is 3. The summed E-state index contributed by atoms with van der Waals surface area (Å²) in [4.78, 5) is 37.9. The van der Waals surface area contributed by atoms with Crippen LogP contribution in [-0.4, -0.2) is 41.3 Å². The van der Waals surface area contributed by atoms with Crippen molar-refractivity contribution in [1.29, 1.82) is 0 Å². The number of nitrogens with one attached hydrogen (secondary N) is 2. The second kappa shape index (κ2) is 8.70. The molecule has 2 fully saturated rings. The topological polar surface area (TPSA) is 105 Å². The summed E-state index contributed by atoms with van der Waals surface area (Å²) in [7, 11) is 0.